The van der Waals surface area contributed by atoms with E-state index in [1.165, 1.54) is 23.5 Å². The molecule has 6 heteroatoms. The van der Waals surface area contributed by atoms with E-state index < -0.39 is 0 Å². The van der Waals surface area contributed by atoms with Crippen molar-refractivity contribution in [2.24, 2.45) is 0 Å². The first-order valence-corrected chi connectivity index (χ1v) is 12.1. The highest BCUT2D eigenvalue weighted by atomic mass is 32.2. The van der Waals surface area contributed by atoms with Crippen LogP contribution in [0.1, 0.15) is 38.1 Å². The average molecular weight is 437 g/mol. The summed E-state index contributed by atoms with van der Waals surface area (Å²) in [5.41, 5.74) is 4.05. The second-order valence-electron chi connectivity index (χ2n) is 7.03. The Labute approximate surface area is 185 Å². The number of rotatable bonds is 7. The fourth-order valence-corrected chi connectivity index (χ4v) is 6.00. The van der Waals surface area contributed by atoms with Gasteiger partial charge >= 0.3 is 0 Å². The summed E-state index contributed by atoms with van der Waals surface area (Å²) in [5.74, 6) is 3.17. The van der Waals surface area contributed by atoms with Crippen molar-refractivity contribution >= 4 is 29.4 Å². The molecule has 1 aromatic heterocycles. The number of carbonyl (C=O) groups excluding carboxylic acids is 1. The standard InChI is InChI=1S/C24H24N2O2S2/c27-23(20-6-8-21(9-7-20)24-29-13-2-14-30-24)26-16-18-4-10-22(11-5-18)28-17-19-3-1-12-25-15-19/h1,3-12,15,24H,2,13-14,16-17H2,(H,26,27). The summed E-state index contributed by atoms with van der Waals surface area (Å²) in [7, 11) is 0. The molecule has 2 aromatic carbocycles. The smallest absolute Gasteiger partial charge is 0.251 e. The molecular weight excluding hydrogens is 412 g/mol. The van der Waals surface area contributed by atoms with Crippen LogP contribution in [0.2, 0.25) is 0 Å². The van der Waals surface area contributed by atoms with Gasteiger partial charge in [0.25, 0.3) is 5.91 Å². The maximum absolute atomic E-state index is 12.5. The van der Waals surface area contributed by atoms with Gasteiger partial charge in [-0.05, 0) is 59.4 Å². The molecule has 3 aromatic rings. The number of ether oxygens (including phenoxy) is 1. The number of nitrogens with zero attached hydrogens (tertiary/aromatic N) is 1. The van der Waals surface area contributed by atoms with Gasteiger partial charge < -0.3 is 10.1 Å². The molecule has 0 unspecified atom stereocenters. The minimum Gasteiger partial charge on any atom is -0.489 e. The lowest BCUT2D eigenvalue weighted by Gasteiger charge is -2.21. The molecule has 1 aliphatic rings. The number of hydrogen-bond acceptors (Lipinski definition) is 5. The maximum Gasteiger partial charge on any atom is 0.251 e. The summed E-state index contributed by atoms with van der Waals surface area (Å²) >= 11 is 3.98. The van der Waals surface area contributed by atoms with Crippen LogP contribution in [0.5, 0.6) is 5.75 Å². The highest BCUT2D eigenvalue weighted by Gasteiger charge is 2.16. The van der Waals surface area contributed by atoms with Crippen molar-refractivity contribution in [1.82, 2.24) is 10.3 Å². The summed E-state index contributed by atoms with van der Waals surface area (Å²) in [6.45, 7) is 0.968. The molecule has 0 radical (unpaired) electrons. The summed E-state index contributed by atoms with van der Waals surface area (Å²) in [5, 5.41) is 2.99. The monoisotopic (exact) mass is 436 g/mol. The number of hydrogen-bond donors (Lipinski definition) is 1. The molecule has 2 heterocycles. The molecule has 1 saturated heterocycles. The molecule has 0 spiro atoms. The molecule has 0 aliphatic carbocycles. The Morgan fingerprint density at radius 1 is 1.00 bits per heavy atom. The van der Waals surface area contributed by atoms with E-state index in [1.54, 1.807) is 12.4 Å². The van der Waals surface area contributed by atoms with Gasteiger partial charge in [0, 0.05) is 30.1 Å². The van der Waals surface area contributed by atoms with Crippen LogP contribution in [0.15, 0.2) is 73.1 Å². The number of carbonyl (C=O) groups is 1. The molecule has 154 valence electrons. The van der Waals surface area contributed by atoms with Crippen molar-refractivity contribution in [2.45, 2.75) is 24.2 Å². The van der Waals surface area contributed by atoms with Crippen LogP contribution in [-0.4, -0.2) is 22.4 Å². The van der Waals surface area contributed by atoms with Crippen LogP contribution in [0, 0.1) is 0 Å². The third kappa shape index (κ3) is 5.80. The van der Waals surface area contributed by atoms with E-state index in [0.717, 1.165) is 16.9 Å². The molecular formula is C24H24N2O2S2. The Morgan fingerprint density at radius 3 is 2.47 bits per heavy atom. The van der Waals surface area contributed by atoms with Crippen molar-refractivity contribution < 1.29 is 9.53 Å². The van der Waals surface area contributed by atoms with Crippen molar-refractivity contribution in [3.63, 3.8) is 0 Å². The van der Waals surface area contributed by atoms with E-state index in [2.05, 4.69) is 22.4 Å². The van der Waals surface area contributed by atoms with Crippen molar-refractivity contribution in [1.29, 1.82) is 0 Å². The highest BCUT2D eigenvalue weighted by Crippen LogP contribution is 2.43. The molecule has 4 rings (SSSR count). The van der Waals surface area contributed by atoms with Gasteiger partial charge in [0.15, 0.2) is 0 Å². The average Bonchev–Trinajstić information content (AvgIpc) is 2.83. The molecule has 0 atom stereocenters. The third-order valence-corrected chi connectivity index (χ3v) is 7.79. The first-order valence-electron chi connectivity index (χ1n) is 10.00. The van der Waals surface area contributed by atoms with Crippen LogP contribution in [0.3, 0.4) is 0 Å². The molecule has 1 aliphatic heterocycles. The van der Waals surface area contributed by atoms with E-state index in [-0.39, 0.29) is 5.91 Å². The fourth-order valence-electron chi connectivity index (χ4n) is 3.11. The molecule has 1 N–H and O–H groups in total. The first-order chi connectivity index (χ1) is 14.8. The lowest BCUT2D eigenvalue weighted by molar-refractivity contribution is 0.0951. The third-order valence-electron chi connectivity index (χ3n) is 4.78. The minimum absolute atomic E-state index is 0.0533. The lowest BCUT2D eigenvalue weighted by Crippen LogP contribution is -2.22. The molecule has 4 nitrogen and oxygen atoms in total. The SMILES string of the molecule is O=C(NCc1ccc(OCc2cccnc2)cc1)c1ccc(C2SCCCS2)cc1. The summed E-state index contributed by atoms with van der Waals surface area (Å²) in [4.78, 5) is 16.6. The van der Waals surface area contributed by atoms with Gasteiger partial charge in [0.2, 0.25) is 0 Å². The van der Waals surface area contributed by atoms with Crippen LogP contribution >= 0.6 is 23.5 Å². The largest absolute Gasteiger partial charge is 0.489 e. The van der Waals surface area contributed by atoms with Crippen molar-refractivity contribution in [3.05, 3.63) is 95.3 Å². The Kier molecular flexibility index (Phi) is 7.32. The molecule has 1 fully saturated rings. The molecule has 30 heavy (non-hydrogen) atoms. The Morgan fingerprint density at radius 2 is 1.77 bits per heavy atom. The van der Waals surface area contributed by atoms with Gasteiger partial charge in [-0.3, -0.25) is 9.78 Å². The normalized spacial score (nSPS) is 14.3. The zero-order chi connectivity index (χ0) is 20.6. The zero-order valence-corrected chi connectivity index (χ0v) is 18.3. The number of thioether (sulfide) groups is 2. The Bertz CT molecular complexity index is 941. The van der Waals surface area contributed by atoms with Crippen LogP contribution < -0.4 is 10.1 Å². The van der Waals surface area contributed by atoms with Gasteiger partial charge in [-0.1, -0.05) is 30.3 Å². The number of benzene rings is 2. The Balaban J connectivity index is 1.26. The van der Waals surface area contributed by atoms with Gasteiger partial charge in [0.05, 0.1) is 4.58 Å². The first kappa shape index (κ1) is 20.8. The van der Waals surface area contributed by atoms with Crippen LogP contribution in [0.25, 0.3) is 0 Å². The fraction of sp³-hybridized carbons (Fsp3) is 0.250. The summed E-state index contributed by atoms with van der Waals surface area (Å²) in [6, 6.07) is 19.7. The highest BCUT2D eigenvalue weighted by molar-refractivity contribution is 8.16. The maximum atomic E-state index is 12.5. The summed E-state index contributed by atoms with van der Waals surface area (Å²) in [6.07, 6.45) is 4.82. The van der Waals surface area contributed by atoms with Gasteiger partial charge in [0.1, 0.15) is 12.4 Å². The predicted octanol–water partition coefficient (Wildman–Crippen LogP) is 5.46. The van der Waals surface area contributed by atoms with Crippen molar-refractivity contribution in [3.8, 4) is 5.75 Å². The van der Waals surface area contributed by atoms with Gasteiger partial charge in [-0.2, -0.15) is 0 Å². The Hall–Kier alpha value is -2.44. The molecule has 0 bridgehead atoms. The van der Waals surface area contributed by atoms with E-state index in [1.807, 2.05) is 72.1 Å². The second-order valence-corrected chi connectivity index (χ2v) is 9.75. The van der Waals surface area contributed by atoms with E-state index in [9.17, 15) is 4.79 Å². The van der Waals surface area contributed by atoms with Crippen molar-refractivity contribution in [2.75, 3.05) is 11.5 Å². The van der Waals surface area contributed by atoms with E-state index in [4.69, 9.17) is 4.74 Å². The number of amides is 1. The minimum atomic E-state index is -0.0533. The van der Waals surface area contributed by atoms with Crippen LogP contribution in [0.4, 0.5) is 0 Å². The quantitative estimate of drug-likeness (QED) is 0.533. The van der Waals surface area contributed by atoms with Crippen LogP contribution in [-0.2, 0) is 13.2 Å². The van der Waals surface area contributed by atoms with Gasteiger partial charge in [-0.15, -0.1) is 23.5 Å². The number of nitrogens with one attached hydrogen (secondary N) is 1. The van der Waals surface area contributed by atoms with Gasteiger partial charge in [-0.25, -0.2) is 0 Å². The summed E-state index contributed by atoms with van der Waals surface area (Å²) < 4.78 is 6.27. The zero-order valence-electron chi connectivity index (χ0n) is 16.6. The second kappa shape index (κ2) is 10.5. The van der Waals surface area contributed by atoms with E-state index >= 15 is 0 Å². The lowest BCUT2D eigenvalue weighted by atomic mass is 10.1. The molecule has 0 saturated carbocycles. The predicted molar refractivity (Wildman–Crippen MR) is 125 cm³/mol. The molecule has 1 amide bonds. The number of aromatic nitrogens is 1. The number of pyridine rings is 1. The van der Waals surface area contributed by atoms with E-state index in [0.29, 0.717) is 23.3 Å². The topological polar surface area (TPSA) is 51.2 Å².